The molecule has 0 saturated carbocycles. The Hall–Kier alpha value is -1.46. The standard InChI is InChI=1S/C10H15N3O2/c1-8(6-11)12-7-9-2-4-10(5-3-9)13(14)15/h2-5,8,12H,6-7,11H2,1H3. The molecule has 0 radical (unpaired) electrons. The minimum Gasteiger partial charge on any atom is -0.329 e. The Kier molecular flexibility index (Phi) is 4.20. The second-order valence-electron chi connectivity index (χ2n) is 3.44. The third-order valence-electron chi connectivity index (χ3n) is 2.16. The van der Waals surface area contributed by atoms with E-state index in [0.717, 1.165) is 5.56 Å². The third-order valence-corrected chi connectivity index (χ3v) is 2.16. The highest BCUT2D eigenvalue weighted by molar-refractivity contribution is 5.32. The van der Waals surface area contributed by atoms with Gasteiger partial charge in [-0.05, 0) is 12.5 Å². The molecular formula is C10H15N3O2. The van der Waals surface area contributed by atoms with E-state index in [1.165, 1.54) is 12.1 Å². The SMILES string of the molecule is CC(CN)NCc1ccc([N+](=O)[O-])cc1. The molecule has 0 aromatic heterocycles. The predicted molar refractivity (Wildman–Crippen MR) is 58.5 cm³/mol. The number of non-ortho nitro benzene ring substituents is 1. The van der Waals surface area contributed by atoms with Crippen molar-refractivity contribution in [2.45, 2.75) is 19.5 Å². The van der Waals surface area contributed by atoms with Crippen molar-refractivity contribution in [2.24, 2.45) is 5.73 Å². The number of nitro groups is 1. The lowest BCUT2D eigenvalue weighted by atomic mass is 10.2. The molecule has 0 saturated heterocycles. The molecule has 15 heavy (non-hydrogen) atoms. The first kappa shape index (κ1) is 11.6. The summed E-state index contributed by atoms with van der Waals surface area (Å²) in [6, 6.07) is 6.75. The summed E-state index contributed by atoms with van der Waals surface area (Å²) in [6.07, 6.45) is 0. The van der Waals surface area contributed by atoms with E-state index in [1.807, 2.05) is 6.92 Å². The average molecular weight is 209 g/mol. The van der Waals surface area contributed by atoms with Crippen molar-refractivity contribution in [1.82, 2.24) is 5.32 Å². The van der Waals surface area contributed by atoms with Gasteiger partial charge in [-0.15, -0.1) is 0 Å². The number of hydrogen-bond donors (Lipinski definition) is 2. The van der Waals surface area contributed by atoms with E-state index in [-0.39, 0.29) is 11.7 Å². The van der Waals surface area contributed by atoms with Crippen LogP contribution in [-0.4, -0.2) is 17.5 Å². The van der Waals surface area contributed by atoms with Crippen LogP contribution in [0.15, 0.2) is 24.3 Å². The molecule has 0 spiro atoms. The molecule has 0 aliphatic rings. The Morgan fingerprint density at radius 3 is 2.53 bits per heavy atom. The maximum Gasteiger partial charge on any atom is 0.269 e. The lowest BCUT2D eigenvalue weighted by Crippen LogP contribution is -2.32. The van der Waals surface area contributed by atoms with Crippen LogP contribution in [0.25, 0.3) is 0 Å². The zero-order valence-electron chi connectivity index (χ0n) is 8.64. The molecule has 1 aromatic rings. The van der Waals surface area contributed by atoms with Crippen molar-refractivity contribution < 1.29 is 4.92 Å². The van der Waals surface area contributed by atoms with E-state index >= 15 is 0 Å². The fraction of sp³-hybridized carbons (Fsp3) is 0.400. The summed E-state index contributed by atoms with van der Waals surface area (Å²) < 4.78 is 0. The molecule has 82 valence electrons. The number of nitro benzene ring substituents is 1. The highest BCUT2D eigenvalue weighted by Crippen LogP contribution is 2.11. The Morgan fingerprint density at radius 1 is 1.47 bits per heavy atom. The van der Waals surface area contributed by atoms with Gasteiger partial charge < -0.3 is 11.1 Å². The van der Waals surface area contributed by atoms with Crippen LogP contribution in [0.3, 0.4) is 0 Å². The molecule has 1 atom stereocenters. The summed E-state index contributed by atoms with van der Waals surface area (Å²) in [5.41, 5.74) is 6.58. The first-order valence-electron chi connectivity index (χ1n) is 4.80. The minimum absolute atomic E-state index is 0.116. The van der Waals surface area contributed by atoms with E-state index in [4.69, 9.17) is 5.73 Å². The number of hydrogen-bond acceptors (Lipinski definition) is 4. The molecule has 0 aliphatic heterocycles. The molecule has 3 N–H and O–H groups in total. The highest BCUT2D eigenvalue weighted by Gasteiger charge is 2.04. The molecule has 0 heterocycles. The van der Waals surface area contributed by atoms with Gasteiger partial charge in [0, 0.05) is 31.3 Å². The van der Waals surface area contributed by atoms with Gasteiger partial charge in [0.1, 0.15) is 0 Å². The zero-order chi connectivity index (χ0) is 11.3. The lowest BCUT2D eigenvalue weighted by molar-refractivity contribution is -0.384. The van der Waals surface area contributed by atoms with Crippen LogP contribution in [0.2, 0.25) is 0 Å². The van der Waals surface area contributed by atoms with Crippen molar-refractivity contribution in [3.05, 3.63) is 39.9 Å². The minimum atomic E-state index is -0.403. The number of nitrogens with two attached hydrogens (primary N) is 1. The molecule has 5 heteroatoms. The van der Waals surface area contributed by atoms with Crippen LogP contribution < -0.4 is 11.1 Å². The molecule has 0 fully saturated rings. The second kappa shape index (κ2) is 5.43. The van der Waals surface area contributed by atoms with Gasteiger partial charge in [0.15, 0.2) is 0 Å². The van der Waals surface area contributed by atoms with Crippen LogP contribution in [0.5, 0.6) is 0 Å². The van der Waals surface area contributed by atoms with Gasteiger partial charge in [0.2, 0.25) is 0 Å². The lowest BCUT2D eigenvalue weighted by Gasteiger charge is -2.10. The van der Waals surface area contributed by atoms with Crippen molar-refractivity contribution >= 4 is 5.69 Å². The molecule has 1 rings (SSSR count). The van der Waals surface area contributed by atoms with Crippen molar-refractivity contribution in [1.29, 1.82) is 0 Å². The molecule has 0 amide bonds. The number of nitrogens with one attached hydrogen (secondary N) is 1. The number of rotatable bonds is 5. The monoisotopic (exact) mass is 209 g/mol. The van der Waals surface area contributed by atoms with Crippen LogP contribution in [0.1, 0.15) is 12.5 Å². The molecule has 1 aromatic carbocycles. The summed E-state index contributed by atoms with van der Waals surface area (Å²) in [5.74, 6) is 0. The first-order chi connectivity index (χ1) is 7.13. The quantitative estimate of drug-likeness (QED) is 0.560. The van der Waals surface area contributed by atoms with Crippen LogP contribution in [0, 0.1) is 10.1 Å². The molecule has 5 nitrogen and oxygen atoms in total. The van der Waals surface area contributed by atoms with Gasteiger partial charge in [0.05, 0.1) is 4.92 Å². The summed E-state index contributed by atoms with van der Waals surface area (Å²) in [5, 5.41) is 13.6. The molecule has 1 unspecified atom stereocenters. The average Bonchev–Trinajstić information content (AvgIpc) is 2.26. The maximum atomic E-state index is 10.4. The molecule has 0 bridgehead atoms. The number of benzene rings is 1. The van der Waals surface area contributed by atoms with E-state index in [9.17, 15) is 10.1 Å². The van der Waals surface area contributed by atoms with E-state index in [2.05, 4.69) is 5.32 Å². The number of nitrogens with zero attached hydrogens (tertiary/aromatic N) is 1. The Bertz CT molecular complexity index is 324. The Labute approximate surface area is 88.4 Å². The van der Waals surface area contributed by atoms with Crippen molar-refractivity contribution in [2.75, 3.05) is 6.54 Å². The van der Waals surface area contributed by atoms with Gasteiger partial charge in [0.25, 0.3) is 5.69 Å². The van der Waals surface area contributed by atoms with E-state index < -0.39 is 4.92 Å². The van der Waals surface area contributed by atoms with Gasteiger partial charge >= 0.3 is 0 Å². The smallest absolute Gasteiger partial charge is 0.269 e. The summed E-state index contributed by atoms with van der Waals surface area (Å²) >= 11 is 0. The van der Waals surface area contributed by atoms with Gasteiger partial charge in [-0.2, -0.15) is 0 Å². The predicted octanol–water partition coefficient (Wildman–Crippen LogP) is 1.03. The van der Waals surface area contributed by atoms with E-state index in [0.29, 0.717) is 13.1 Å². The van der Waals surface area contributed by atoms with Crippen molar-refractivity contribution in [3.8, 4) is 0 Å². The first-order valence-corrected chi connectivity index (χ1v) is 4.80. The van der Waals surface area contributed by atoms with Crippen LogP contribution in [-0.2, 0) is 6.54 Å². The third kappa shape index (κ3) is 3.65. The second-order valence-corrected chi connectivity index (χ2v) is 3.44. The topological polar surface area (TPSA) is 81.2 Å². The van der Waals surface area contributed by atoms with Crippen LogP contribution >= 0.6 is 0 Å². The highest BCUT2D eigenvalue weighted by atomic mass is 16.6. The fourth-order valence-corrected chi connectivity index (χ4v) is 1.11. The van der Waals surface area contributed by atoms with Crippen molar-refractivity contribution in [3.63, 3.8) is 0 Å². The summed E-state index contributed by atoms with van der Waals surface area (Å²) in [7, 11) is 0. The maximum absolute atomic E-state index is 10.4. The van der Waals surface area contributed by atoms with Gasteiger partial charge in [-0.25, -0.2) is 0 Å². The van der Waals surface area contributed by atoms with Gasteiger partial charge in [-0.1, -0.05) is 12.1 Å². The summed E-state index contributed by atoms with van der Waals surface area (Å²) in [4.78, 5) is 9.99. The normalized spacial score (nSPS) is 12.4. The summed E-state index contributed by atoms with van der Waals surface area (Å²) in [6.45, 7) is 3.24. The van der Waals surface area contributed by atoms with Crippen LogP contribution in [0.4, 0.5) is 5.69 Å². The molecular weight excluding hydrogens is 194 g/mol. The molecule has 0 aliphatic carbocycles. The van der Waals surface area contributed by atoms with E-state index in [1.54, 1.807) is 12.1 Å². The Morgan fingerprint density at radius 2 is 2.07 bits per heavy atom. The largest absolute Gasteiger partial charge is 0.329 e. The fourth-order valence-electron chi connectivity index (χ4n) is 1.11. The zero-order valence-corrected chi connectivity index (χ0v) is 8.64. The van der Waals surface area contributed by atoms with Gasteiger partial charge in [-0.3, -0.25) is 10.1 Å². The Balaban J connectivity index is 2.53.